The number of benzene rings is 1. The Morgan fingerprint density at radius 1 is 1.20 bits per heavy atom. The highest BCUT2D eigenvalue weighted by Crippen LogP contribution is 2.22. The van der Waals surface area contributed by atoms with Crippen LogP contribution in [0.1, 0.15) is 30.3 Å². The smallest absolute Gasteiger partial charge is 0.191 e. The third kappa shape index (κ3) is 6.19. The van der Waals surface area contributed by atoms with Gasteiger partial charge in [-0.3, -0.25) is 4.68 Å². The molecule has 8 heteroatoms. The Balaban J connectivity index is 1.52. The molecule has 1 aliphatic rings. The molecule has 0 bridgehead atoms. The molecule has 1 fully saturated rings. The maximum Gasteiger partial charge on any atom is 0.191 e. The van der Waals surface area contributed by atoms with Crippen LogP contribution in [0.5, 0.6) is 0 Å². The lowest BCUT2D eigenvalue weighted by molar-refractivity contribution is 0.122. The van der Waals surface area contributed by atoms with Gasteiger partial charge in [0, 0.05) is 38.4 Å². The van der Waals surface area contributed by atoms with Crippen molar-refractivity contribution in [1.29, 1.82) is 0 Å². The zero-order valence-corrected chi connectivity index (χ0v) is 18.2. The number of aliphatic imine (C=N–C) groups is 1. The van der Waals surface area contributed by atoms with Crippen molar-refractivity contribution < 1.29 is 9.13 Å². The molecule has 1 aromatic heterocycles. The van der Waals surface area contributed by atoms with Crippen LogP contribution in [0.3, 0.4) is 0 Å². The van der Waals surface area contributed by atoms with Gasteiger partial charge in [0.05, 0.1) is 31.1 Å². The highest BCUT2D eigenvalue weighted by molar-refractivity contribution is 5.79. The zero-order chi connectivity index (χ0) is 21.3. The summed E-state index contributed by atoms with van der Waals surface area (Å²) in [6.07, 6.45) is 0.940. The first-order chi connectivity index (χ1) is 14.6. The number of anilines is 1. The van der Waals surface area contributed by atoms with Gasteiger partial charge in [0.2, 0.25) is 0 Å². The Kier molecular flexibility index (Phi) is 8.07. The molecule has 0 radical (unpaired) electrons. The van der Waals surface area contributed by atoms with E-state index < -0.39 is 0 Å². The summed E-state index contributed by atoms with van der Waals surface area (Å²) in [5, 5.41) is 11.1. The second-order valence-corrected chi connectivity index (χ2v) is 7.51. The quantitative estimate of drug-likeness (QED) is 0.393. The van der Waals surface area contributed by atoms with Gasteiger partial charge >= 0.3 is 0 Å². The maximum absolute atomic E-state index is 14.6. The summed E-state index contributed by atoms with van der Waals surface area (Å²) in [5.41, 5.74) is 3.71. The number of halogens is 1. The number of morpholine rings is 1. The van der Waals surface area contributed by atoms with Crippen LogP contribution in [0.2, 0.25) is 0 Å². The van der Waals surface area contributed by atoms with Crippen molar-refractivity contribution in [3.63, 3.8) is 0 Å². The fourth-order valence-corrected chi connectivity index (χ4v) is 3.56. The minimum absolute atomic E-state index is 0.201. The molecular weight excluding hydrogens is 383 g/mol. The predicted molar refractivity (Wildman–Crippen MR) is 119 cm³/mol. The predicted octanol–water partition coefficient (Wildman–Crippen LogP) is 2.62. The standard InChI is InChI=1S/C22H33FN6O/c1-4-24-22(25-8-5-9-29-18(3)14-17(2)27-29)26-16-19-6-7-21(20(23)15-19)28-10-12-30-13-11-28/h6-7,14-15H,4-5,8-13,16H2,1-3H3,(H2,24,25,26). The molecule has 7 nitrogen and oxygen atoms in total. The highest BCUT2D eigenvalue weighted by Gasteiger charge is 2.15. The van der Waals surface area contributed by atoms with Crippen LogP contribution in [0.15, 0.2) is 29.3 Å². The van der Waals surface area contributed by atoms with E-state index in [1.165, 1.54) is 5.69 Å². The van der Waals surface area contributed by atoms with E-state index in [9.17, 15) is 4.39 Å². The van der Waals surface area contributed by atoms with E-state index in [2.05, 4.69) is 33.7 Å². The molecule has 30 heavy (non-hydrogen) atoms. The van der Waals surface area contributed by atoms with E-state index in [1.54, 1.807) is 6.07 Å². The van der Waals surface area contributed by atoms with E-state index >= 15 is 0 Å². The van der Waals surface area contributed by atoms with E-state index in [0.29, 0.717) is 25.4 Å². The number of hydrogen-bond acceptors (Lipinski definition) is 4. The van der Waals surface area contributed by atoms with Gasteiger partial charge in [-0.1, -0.05) is 6.07 Å². The molecule has 0 saturated carbocycles. The molecule has 2 heterocycles. The monoisotopic (exact) mass is 416 g/mol. The van der Waals surface area contributed by atoms with Crippen molar-refractivity contribution in [1.82, 2.24) is 20.4 Å². The molecule has 1 aromatic carbocycles. The lowest BCUT2D eigenvalue weighted by atomic mass is 10.1. The van der Waals surface area contributed by atoms with Crippen molar-refractivity contribution in [2.75, 3.05) is 44.3 Å². The van der Waals surface area contributed by atoms with Gasteiger partial charge in [0.15, 0.2) is 5.96 Å². The molecule has 2 aromatic rings. The topological polar surface area (TPSA) is 66.7 Å². The van der Waals surface area contributed by atoms with Crippen molar-refractivity contribution in [3.8, 4) is 0 Å². The Hall–Kier alpha value is -2.61. The van der Waals surface area contributed by atoms with Crippen molar-refractivity contribution in [2.45, 2.75) is 40.3 Å². The average molecular weight is 417 g/mol. The largest absolute Gasteiger partial charge is 0.378 e. The van der Waals surface area contributed by atoms with Crippen LogP contribution >= 0.6 is 0 Å². The van der Waals surface area contributed by atoms with E-state index in [4.69, 9.17) is 4.74 Å². The summed E-state index contributed by atoms with van der Waals surface area (Å²) in [4.78, 5) is 6.63. The normalized spacial score (nSPS) is 14.8. The number of nitrogens with zero attached hydrogens (tertiary/aromatic N) is 4. The van der Waals surface area contributed by atoms with Crippen LogP contribution in [0.25, 0.3) is 0 Å². The first kappa shape index (κ1) is 22.1. The Morgan fingerprint density at radius 3 is 2.67 bits per heavy atom. The lowest BCUT2D eigenvalue weighted by Crippen LogP contribution is -2.38. The van der Waals surface area contributed by atoms with E-state index in [1.807, 2.05) is 35.6 Å². The van der Waals surface area contributed by atoms with Gasteiger partial charge in [-0.15, -0.1) is 0 Å². The van der Waals surface area contributed by atoms with Crippen LogP contribution < -0.4 is 15.5 Å². The van der Waals surface area contributed by atoms with E-state index in [-0.39, 0.29) is 5.82 Å². The molecule has 164 valence electrons. The molecule has 0 aliphatic carbocycles. The summed E-state index contributed by atoms with van der Waals surface area (Å²) in [5.74, 6) is 0.538. The van der Waals surface area contributed by atoms with Gasteiger partial charge in [0.25, 0.3) is 0 Å². The SMILES string of the molecule is CCNC(=NCc1ccc(N2CCOCC2)c(F)c1)NCCCn1nc(C)cc1C. The van der Waals surface area contributed by atoms with Crippen LogP contribution in [-0.2, 0) is 17.8 Å². The molecule has 1 aliphatic heterocycles. The molecule has 3 rings (SSSR count). The number of nitrogens with one attached hydrogen (secondary N) is 2. The molecular formula is C22H33FN6O. The Morgan fingerprint density at radius 2 is 2.00 bits per heavy atom. The first-order valence-electron chi connectivity index (χ1n) is 10.7. The van der Waals surface area contributed by atoms with Crippen LogP contribution in [0, 0.1) is 19.7 Å². The molecule has 0 unspecified atom stereocenters. The zero-order valence-electron chi connectivity index (χ0n) is 18.2. The maximum atomic E-state index is 14.6. The van der Waals surface area contributed by atoms with Gasteiger partial charge in [-0.05, 0) is 51.0 Å². The number of hydrogen-bond donors (Lipinski definition) is 2. The van der Waals surface area contributed by atoms with Gasteiger partial charge < -0.3 is 20.3 Å². The second kappa shape index (κ2) is 11.0. The third-order valence-electron chi connectivity index (χ3n) is 5.07. The Bertz CT molecular complexity index is 844. The minimum atomic E-state index is -0.201. The Labute approximate surface area is 178 Å². The molecule has 0 spiro atoms. The van der Waals surface area contributed by atoms with Crippen molar-refractivity contribution >= 4 is 11.6 Å². The summed E-state index contributed by atoms with van der Waals surface area (Å²) >= 11 is 0. The summed E-state index contributed by atoms with van der Waals surface area (Å²) in [6, 6.07) is 7.47. The number of aryl methyl sites for hydroxylation is 3. The van der Waals surface area contributed by atoms with Gasteiger partial charge in [0.1, 0.15) is 5.82 Å². The molecule has 0 amide bonds. The summed E-state index contributed by atoms with van der Waals surface area (Å²) < 4.78 is 22.0. The van der Waals surface area contributed by atoms with Crippen LogP contribution in [0.4, 0.5) is 10.1 Å². The third-order valence-corrected chi connectivity index (χ3v) is 5.07. The lowest BCUT2D eigenvalue weighted by Gasteiger charge is -2.29. The molecule has 2 N–H and O–H groups in total. The second-order valence-electron chi connectivity index (χ2n) is 7.51. The van der Waals surface area contributed by atoms with Crippen molar-refractivity contribution in [3.05, 3.63) is 47.0 Å². The van der Waals surface area contributed by atoms with E-state index in [0.717, 1.165) is 56.4 Å². The van der Waals surface area contributed by atoms with Gasteiger partial charge in [-0.25, -0.2) is 9.38 Å². The molecule has 1 saturated heterocycles. The number of ether oxygens (including phenoxy) is 1. The van der Waals surface area contributed by atoms with Gasteiger partial charge in [-0.2, -0.15) is 5.10 Å². The molecule has 0 atom stereocenters. The number of aromatic nitrogens is 2. The van der Waals surface area contributed by atoms with Crippen LogP contribution in [-0.4, -0.2) is 55.1 Å². The first-order valence-corrected chi connectivity index (χ1v) is 10.7. The summed E-state index contributed by atoms with van der Waals surface area (Å²) in [6.45, 7) is 11.7. The number of guanidine groups is 1. The fraction of sp³-hybridized carbons (Fsp3) is 0.545. The minimum Gasteiger partial charge on any atom is -0.378 e. The average Bonchev–Trinajstić information content (AvgIpc) is 3.07. The summed E-state index contributed by atoms with van der Waals surface area (Å²) in [7, 11) is 0. The van der Waals surface area contributed by atoms with Crippen molar-refractivity contribution in [2.24, 2.45) is 4.99 Å². The number of rotatable bonds is 8. The highest BCUT2D eigenvalue weighted by atomic mass is 19.1. The fourth-order valence-electron chi connectivity index (χ4n) is 3.56.